The summed E-state index contributed by atoms with van der Waals surface area (Å²) in [5.41, 5.74) is 1.66. The van der Waals surface area contributed by atoms with Gasteiger partial charge < -0.3 is 10.6 Å². The second-order valence-electron chi connectivity index (χ2n) is 6.88. The molecule has 28 heavy (non-hydrogen) atoms. The Morgan fingerprint density at radius 1 is 1.11 bits per heavy atom. The number of carbonyl (C=O) groups excluding carboxylic acids is 2. The number of hydrogen-bond donors (Lipinski definition) is 2. The first-order valence-electron chi connectivity index (χ1n) is 9.26. The van der Waals surface area contributed by atoms with E-state index in [9.17, 15) is 14.4 Å². The molecule has 0 saturated heterocycles. The molecule has 2 aromatic carbocycles. The Bertz CT molecular complexity index is 1100. The largest absolute Gasteiger partial charge is 0.349 e. The summed E-state index contributed by atoms with van der Waals surface area (Å²) in [5.74, 6) is -0.313. The van der Waals surface area contributed by atoms with Gasteiger partial charge in [-0.25, -0.2) is 0 Å². The van der Waals surface area contributed by atoms with Crippen LogP contribution in [0.3, 0.4) is 0 Å². The van der Waals surface area contributed by atoms with Crippen LogP contribution >= 0.6 is 0 Å². The van der Waals surface area contributed by atoms with E-state index in [-0.39, 0.29) is 29.7 Å². The van der Waals surface area contributed by atoms with Crippen molar-refractivity contribution in [3.63, 3.8) is 0 Å². The maximum Gasteiger partial charge on any atom is 0.251 e. The molecule has 0 aliphatic heterocycles. The van der Waals surface area contributed by atoms with Crippen molar-refractivity contribution in [3.8, 4) is 0 Å². The van der Waals surface area contributed by atoms with Crippen LogP contribution in [0.15, 0.2) is 59.5 Å². The van der Waals surface area contributed by atoms with Gasteiger partial charge in [-0.3, -0.25) is 19.1 Å². The fourth-order valence-electron chi connectivity index (χ4n) is 3.00. The molecule has 0 spiro atoms. The normalized spacial score (nSPS) is 13.3. The predicted molar refractivity (Wildman–Crippen MR) is 106 cm³/mol. The number of nitrogens with zero attached hydrogens (tertiary/aromatic N) is 2. The zero-order valence-electron chi connectivity index (χ0n) is 15.2. The van der Waals surface area contributed by atoms with E-state index in [4.69, 9.17) is 0 Å². The van der Waals surface area contributed by atoms with Gasteiger partial charge in [0, 0.05) is 29.1 Å². The molecular weight excluding hydrogens is 356 g/mol. The molecule has 2 amide bonds. The van der Waals surface area contributed by atoms with Crippen LogP contribution in [0.1, 0.15) is 29.6 Å². The van der Waals surface area contributed by atoms with Gasteiger partial charge in [0.25, 0.3) is 5.91 Å². The van der Waals surface area contributed by atoms with E-state index in [1.165, 1.54) is 6.20 Å². The highest BCUT2D eigenvalue weighted by Gasteiger charge is 2.23. The van der Waals surface area contributed by atoms with E-state index in [1.807, 2.05) is 12.1 Å². The third-order valence-corrected chi connectivity index (χ3v) is 4.63. The molecule has 0 atom stereocenters. The van der Waals surface area contributed by atoms with Crippen molar-refractivity contribution in [1.82, 2.24) is 15.1 Å². The number of nitrogens with one attached hydrogen (secondary N) is 2. The van der Waals surface area contributed by atoms with Gasteiger partial charge in [-0.1, -0.05) is 18.2 Å². The van der Waals surface area contributed by atoms with Crippen molar-refractivity contribution in [3.05, 3.63) is 70.5 Å². The van der Waals surface area contributed by atoms with E-state index in [1.54, 1.807) is 41.1 Å². The molecule has 0 unspecified atom stereocenters. The summed E-state index contributed by atoms with van der Waals surface area (Å²) in [7, 11) is 0. The Balaban J connectivity index is 1.41. The first-order valence-corrected chi connectivity index (χ1v) is 9.26. The molecule has 1 saturated carbocycles. The van der Waals surface area contributed by atoms with Crippen LogP contribution < -0.4 is 16.1 Å². The third-order valence-electron chi connectivity index (χ3n) is 4.63. The number of rotatable bonds is 6. The average molecular weight is 376 g/mol. The number of para-hydroxylation sites is 1. The quantitative estimate of drug-likeness (QED) is 0.690. The monoisotopic (exact) mass is 376 g/mol. The molecule has 0 bridgehead atoms. The van der Waals surface area contributed by atoms with E-state index in [2.05, 4.69) is 15.7 Å². The fraction of sp³-hybridized carbons (Fsp3) is 0.238. The molecule has 4 rings (SSSR count). The second-order valence-corrected chi connectivity index (χ2v) is 6.88. The van der Waals surface area contributed by atoms with Crippen molar-refractivity contribution < 1.29 is 9.59 Å². The minimum Gasteiger partial charge on any atom is -0.349 e. The molecule has 1 aromatic heterocycles. The summed E-state index contributed by atoms with van der Waals surface area (Å²) in [5, 5.41) is 10.4. The van der Waals surface area contributed by atoms with Gasteiger partial charge >= 0.3 is 0 Å². The third kappa shape index (κ3) is 4.09. The highest BCUT2D eigenvalue weighted by atomic mass is 16.2. The lowest BCUT2D eigenvalue weighted by Gasteiger charge is -2.10. The summed E-state index contributed by atoms with van der Waals surface area (Å²) < 4.78 is 1.65. The Kier molecular flexibility index (Phi) is 4.89. The number of anilines is 1. The van der Waals surface area contributed by atoms with Gasteiger partial charge in [-0.2, -0.15) is 5.10 Å². The molecule has 0 radical (unpaired) electrons. The van der Waals surface area contributed by atoms with Crippen LogP contribution in [0.2, 0.25) is 0 Å². The van der Waals surface area contributed by atoms with E-state index in [0.29, 0.717) is 28.7 Å². The van der Waals surface area contributed by atoms with Crippen molar-refractivity contribution >= 4 is 28.4 Å². The summed E-state index contributed by atoms with van der Waals surface area (Å²) in [4.78, 5) is 36.4. The summed E-state index contributed by atoms with van der Waals surface area (Å²) in [6.07, 6.45) is 3.51. The average Bonchev–Trinajstić information content (AvgIpc) is 3.52. The lowest BCUT2D eigenvalue weighted by atomic mass is 10.2. The van der Waals surface area contributed by atoms with Crippen LogP contribution in [-0.4, -0.2) is 27.6 Å². The van der Waals surface area contributed by atoms with Gasteiger partial charge in [0.2, 0.25) is 11.3 Å². The van der Waals surface area contributed by atoms with Crippen molar-refractivity contribution in [2.24, 2.45) is 0 Å². The summed E-state index contributed by atoms with van der Waals surface area (Å²) >= 11 is 0. The van der Waals surface area contributed by atoms with Gasteiger partial charge in [-0.15, -0.1) is 0 Å². The topological polar surface area (TPSA) is 93.1 Å². The Morgan fingerprint density at radius 3 is 2.75 bits per heavy atom. The Morgan fingerprint density at radius 2 is 1.93 bits per heavy atom. The molecule has 1 fully saturated rings. The SMILES string of the molecule is O=C(CCn1ncc(=O)c2ccccc21)Nc1cccc(C(=O)NC2CC2)c1. The van der Waals surface area contributed by atoms with Crippen LogP contribution in [0.25, 0.3) is 10.9 Å². The molecule has 7 nitrogen and oxygen atoms in total. The number of carbonyl (C=O) groups is 2. The molecule has 1 heterocycles. The minimum absolute atomic E-state index is 0.123. The lowest BCUT2D eigenvalue weighted by molar-refractivity contribution is -0.116. The molecular formula is C21H20N4O3. The lowest BCUT2D eigenvalue weighted by Crippen LogP contribution is -2.25. The number of aryl methyl sites for hydroxylation is 1. The highest BCUT2D eigenvalue weighted by molar-refractivity contribution is 5.97. The minimum atomic E-state index is -0.190. The zero-order chi connectivity index (χ0) is 19.5. The van der Waals surface area contributed by atoms with Crippen molar-refractivity contribution in [2.45, 2.75) is 31.8 Å². The second kappa shape index (κ2) is 7.64. The predicted octanol–water partition coefficient (Wildman–Crippen LogP) is 2.32. The molecule has 1 aliphatic carbocycles. The van der Waals surface area contributed by atoms with Crippen molar-refractivity contribution in [2.75, 3.05) is 5.32 Å². The van der Waals surface area contributed by atoms with Crippen LogP contribution in [0.5, 0.6) is 0 Å². The van der Waals surface area contributed by atoms with Crippen LogP contribution in [-0.2, 0) is 11.3 Å². The molecule has 3 aromatic rings. The molecule has 2 N–H and O–H groups in total. The van der Waals surface area contributed by atoms with Gasteiger partial charge in [0.1, 0.15) is 0 Å². The number of fused-ring (bicyclic) bond motifs is 1. The number of hydrogen-bond acceptors (Lipinski definition) is 4. The molecule has 1 aliphatic rings. The van der Waals surface area contributed by atoms with Crippen molar-refractivity contribution in [1.29, 1.82) is 0 Å². The summed E-state index contributed by atoms with van der Waals surface area (Å²) in [6, 6.07) is 14.4. The van der Waals surface area contributed by atoms with Gasteiger partial charge in [-0.05, 0) is 43.2 Å². The van der Waals surface area contributed by atoms with Crippen LogP contribution in [0.4, 0.5) is 5.69 Å². The maximum atomic E-state index is 12.3. The van der Waals surface area contributed by atoms with E-state index >= 15 is 0 Å². The van der Waals surface area contributed by atoms with E-state index in [0.717, 1.165) is 12.8 Å². The first-order chi connectivity index (χ1) is 13.6. The summed E-state index contributed by atoms with van der Waals surface area (Å²) in [6.45, 7) is 0.342. The number of aromatic nitrogens is 2. The Labute approximate surface area is 161 Å². The fourth-order valence-corrected chi connectivity index (χ4v) is 3.00. The smallest absolute Gasteiger partial charge is 0.251 e. The van der Waals surface area contributed by atoms with Gasteiger partial charge in [0.15, 0.2) is 0 Å². The molecule has 7 heteroatoms. The molecule has 142 valence electrons. The van der Waals surface area contributed by atoms with Gasteiger partial charge in [0.05, 0.1) is 18.3 Å². The number of benzene rings is 2. The highest BCUT2D eigenvalue weighted by Crippen LogP contribution is 2.20. The van der Waals surface area contributed by atoms with E-state index < -0.39 is 0 Å². The maximum absolute atomic E-state index is 12.3. The van der Waals surface area contributed by atoms with Crippen LogP contribution in [0, 0.1) is 0 Å². The zero-order valence-corrected chi connectivity index (χ0v) is 15.2. The standard InChI is InChI=1S/C21H20N4O3/c26-19-13-22-25(18-7-2-1-6-17(18)19)11-10-20(27)23-16-5-3-4-14(12-16)21(28)24-15-8-9-15/h1-7,12-13,15H,8-11H2,(H,23,27)(H,24,28). The number of amides is 2. The first kappa shape index (κ1) is 17.9. The Hall–Kier alpha value is -3.48.